The lowest BCUT2D eigenvalue weighted by atomic mass is 9.97. The van der Waals surface area contributed by atoms with E-state index in [0.717, 1.165) is 40.8 Å². The number of thiophene rings is 1. The Bertz CT molecular complexity index is 1390. The second kappa shape index (κ2) is 9.06. The summed E-state index contributed by atoms with van der Waals surface area (Å²) in [5.74, 6) is 0.636. The molecule has 8 heteroatoms. The minimum Gasteiger partial charge on any atom is -0.488 e. The third-order valence-electron chi connectivity index (χ3n) is 5.50. The van der Waals surface area contributed by atoms with Gasteiger partial charge in [-0.1, -0.05) is 41.4 Å². The van der Waals surface area contributed by atoms with E-state index in [1.54, 1.807) is 29.7 Å². The highest BCUT2D eigenvalue weighted by molar-refractivity contribution is 7.18. The smallest absolute Gasteiger partial charge is 0.282 e. The Morgan fingerprint density at radius 3 is 2.88 bits per heavy atom. The van der Waals surface area contributed by atoms with Crippen LogP contribution < -0.4 is 10.3 Å². The van der Waals surface area contributed by atoms with E-state index in [-0.39, 0.29) is 12.2 Å². The van der Waals surface area contributed by atoms with Crippen LogP contribution >= 0.6 is 34.5 Å². The fraction of sp³-hybridized carbons (Fsp3) is 0.208. The molecule has 0 bridgehead atoms. The molecule has 2 heterocycles. The standard InChI is InChI=1S/C24H19Cl2N3O2S/c25-17-10-9-16(19(26)11-17)13-31-20-7-3-1-5-15(20)12-28-29-14-27-23-22(24(29)30)18-6-2-4-8-21(18)32-23/h1,3,5,7,9-12,14H,2,4,6,8,13H2/b28-12-. The topological polar surface area (TPSA) is 56.5 Å². The highest BCUT2D eigenvalue weighted by Crippen LogP contribution is 2.33. The Hall–Kier alpha value is -2.67. The Labute approximate surface area is 198 Å². The maximum Gasteiger partial charge on any atom is 0.282 e. The first kappa shape index (κ1) is 21.2. The molecular formula is C24H19Cl2N3O2S. The molecule has 0 aliphatic heterocycles. The fourth-order valence-electron chi connectivity index (χ4n) is 3.86. The van der Waals surface area contributed by atoms with Crippen LogP contribution in [0.3, 0.4) is 0 Å². The van der Waals surface area contributed by atoms with Gasteiger partial charge in [-0.05, 0) is 55.5 Å². The van der Waals surface area contributed by atoms with Crippen LogP contribution in [0.1, 0.15) is 34.4 Å². The molecule has 5 nitrogen and oxygen atoms in total. The lowest BCUT2D eigenvalue weighted by Crippen LogP contribution is -2.18. The van der Waals surface area contributed by atoms with E-state index in [2.05, 4.69) is 10.1 Å². The zero-order chi connectivity index (χ0) is 22.1. The van der Waals surface area contributed by atoms with Crippen molar-refractivity contribution in [2.75, 3.05) is 0 Å². The Morgan fingerprint density at radius 1 is 1.16 bits per heavy atom. The monoisotopic (exact) mass is 483 g/mol. The molecule has 5 rings (SSSR count). The molecule has 4 aromatic rings. The zero-order valence-electron chi connectivity index (χ0n) is 17.1. The average molecular weight is 484 g/mol. The van der Waals surface area contributed by atoms with Crippen LogP contribution in [0, 0.1) is 0 Å². The van der Waals surface area contributed by atoms with Crippen molar-refractivity contribution in [3.05, 3.63) is 90.8 Å². The van der Waals surface area contributed by atoms with Gasteiger partial charge in [-0.15, -0.1) is 11.3 Å². The molecule has 1 aliphatic rings. The quantitative estimate of drug-likeness (QED) is 0.322. The fourth-order valence-corrected chi connectivity index (χ4v) is 5.54. The number of aryl methyl sites for hydroxylation is 2. The predicted octanol–water partition coefficient (Wildman–Crippen LogP) is 6.10. The number of aromatic nitrogens is 2. The van der Waals surface area contributed by atoms with E-state index < -0.39 is 0 Å². The van der Waals surface area contributed by atoms with E-state index in [1.807, 2.05) is 30.3 Å². The molecule has 0 unspecified atom stereocenters. The summed E-state index contributed by atoms with van der Waals surface area (Å²) in [6.07, 6.45) is 7.35. The van der Waals surface area contributed by atoms with Crippen LogP contribution in [0.4, 0.5) is 0 Å². The molecule has 0 N–H and O–H groups in total. The first-order valence-electron chi connectivity index (χ1n) is 10.3. The molecular weight excluding hydrogens is 465 g/mol. The summed E-state index contributed by atoms with van der Waals surface area (Å²) in [4.78, 5) is 19.7. The van der Waals surface area contributed by atoms with Gasteiger partial charge in [0.15, 0.2) is 0 Å². The molecule has 0 fully saturated rings. The van der Waals surface area contributed by atoms with Crippen molar-refractivity contribution in [2.45, 2.75) is 32.3 Å². The molecule has 0 amide bonds. The lowest BCUT2D eigenvalue weighted by molar-refractivity contribution is 0.306. The van der Waals surface area contributed by atoms with Crippen molar-refractivity contribution in [3.8, 4) is 5.75 Å². The second-order valence-electron chi connectivity index (χ2n) is 7.59. The molecule has 2 aromatic carbocycles. The molecule has 0 saturated heterocycles. The third kappa shape index (κ3) is 4.18. The SMILES string of the molecule is O=c1c2c3c(sc2ncn1/N=C\c1ccccc1OCc1ccc(Cl)cc1Cl)CCCC3. The van der Waals surface area contributed by atoms with Crippen molar-refractivity contribution in [1.82, 2.24) is 9.66 Å². The van der Waals surface area contributed by atoms with Gasteiger partial charge in [0.25, 0.3) is 5.56 Å². The Balaban J connectivity index is 1.42. The van der Waals surface area contributed by atoms with Crippen molar-refractivity contribution in [1.29, 1.82) is 0 Å². The van der Waals surface area contributed by atoms with Gasteiger partial charge < -0.3 is 4.74 Å². The lowest BCUT2D eigenvalue weighted by Gasteiger charge is -2.10. The van der Waals surface area contributed by atoms with Crippen molar-refractivity contribution in [3.63, 3.8) is 0 Å². The van der Waals surface area contributed by atoms with Gasteiger partial charge in [-0.25, -0.2) is 4.98 Å². The summed E-state index contributed by atoms with van der Waals surface area (Å²) in [5.41, 5.74) is 2.60. The van der Waals surface area contributed by atoms with E-state index in [1.165, 1.54) is 22.3 Å². The summed E-state index contributed by atoms with van der Waals surface area (Å²) in [5, 5.41) is 6.24. The van der Waals surface area contributed by atoms with E-state index in [0.29, 0.717) is 21.2 Å². The third-order valence-corrected chi connectivity index (χ3v) is 7.28. The van der Waals surface area contributed by atoms with Gasteiger partial charge in [-0.3, -0.25) is 4.79 Å². The minimum absolute atomic E-state index is 0.128. The van der Waals surface area contributed by atoms with Crippen molar-refractivity contribution < 1.29 is 4.74 Å². The number of halogens is 2. The number of rotatable bonds is 5. The normalized spacial score (nSPS) is 13.6. The Morgan fingerprint density at radius 2 is 2.00 bits per heavy atom. The summed E-state index contributed by atoms with van der Waals surface area (Å²) in [6, 6.07) is 12.8. The van der Waals surface area contributed by atoms with E-state index in [4.69, 9.17) is 27.9 Å². The number of nitrogens with zero attached hydrogens (tertiary/aromatic N) is 3. The van der Waals surface area contributed by atoms with Gasteiger partial charge in [0.2, 0.25) is 0 Å². The minimum atomic E-state index is -0.128. The van der Waals surface area contributed by atoms with E-state index >= 15 is 0 Å². The maximum atomic E-state index is 13.1. The summed E-state index contributed by atoms with van der Waals surface area (Å²) >= 11 is 13.8. The first-order chi connectivity index (χ1) is 15.6. The van der Waals surface area contributed by atoms with Gasteiger partial charge in [0.1, 0.15) is 23.5 Å². The predicted molar refractivity (Wildman–Crippen MR) is 131 cm³/mol. The van der Waals surface area contributed by atoms with Crippen LogP contribution in [0.5, 0.6) is 5.75 Å². The molecule has 2 aromatic heterocycles. The van der Waals surface area contributed by atoms with Gasteiger partial charge in [0, 0.05) is 26.0 Å². The molecule has 0 spiro atoms. The summed E-state index contributed by atoms with van der Waals surface area (Å²) < 4.78 is 7.28. The Kier molecular flexibility index (Phi) is 6.00. The summed E-state index contributed by atoms with van der Waals surface area (Å²) in [7, 11) is 0. The average Bonchev–Trinajstić information content (AvgIpc) is 3.18. The van der Waals surface area contributed by atoms with Crippen molar-refractivity contribution in [2.24, 2.45) is 5.10 Å². The molecule has 1 aliphatic carbocycles. The largest absolute Gasteiger partial charge is 0.488 e. The zero-order valence-corrected chi connectivity index (χ0v) is 19.4. The van der Waals surface area contributed by atoms with Crippen LogP contribution in [0.2, 0.25) is 10.0 Å². The van der Waals surface area contributed by atoms with Gasteiger partial charge in [-0.2, -0.15) is 9.78 Å². The molecule has 0 atom stereocenters. The number of ether oxygens (including phenoxy) is 1. The first-order valence-corrected chi connectivity index (χ1v) is 11.9. The molecule has 0 radical (unpaired) electrons. The molecule has 0 saturated carbocycles. The van der Waals surface area contributed by atoms with E-state index in [9.17, 15) is 4.79 Å². The maximum absolute atomic E-state index is 13.1. The van der Waals surface area contributed by atoms with Crippen LogP contribution in [-0.4, -0.2) is 15.9 Å². The van der Waals surface area contributed by atoms with Gasteiger partial charge >= 0.3 is 0 Å². The number of benzene rings is 2. The second-order valence-corrected chi connectivity index (χ2v) is 9.52. The summed E-state index contributed by atoms with van der Waals surface area (Å²) in [6.45, 7) is 0.287. The number of fused-ring (bicyclic) bond motifs is 3. The van der Waals surface area contributed by atoms with Crippen LogP contribution in [0.25, 0.3) is 10.2 Å². The molecule has 162 valence electrons. The van der Waals surface area contributed by atoms with Crippen LogP contribution in [0.15, 0.2) is 58.7 Å². The van der Waals surface area contributed by atoms with Crippen LogP contribution in [-0.2, 0) is 19.4 Å². The highest BCUT2D eigenvalue weighted by Gasteiger charge is 2.19. The van der Waals surface area contributed by atoms with Crippen molar-refractivity contribution >= 4 is 51.0 Å². The number of para-hydroxylation sites is 1. The number of hydrogen-bond acceptors (Lipinski definition) is 5. The van der Waals surface area contributed by atoms with Gasteiger partial charge in [0.05, 0.1) is 11.6 Å². The highest BCUT2D eigenvalue weighted by atomic mass is 35.5. The number of hydrogen-bond donors (Lipinski definition) is 0. The molecule has 32 heavy (non-hydrogen) atoms.